The number of halogens is 2. The van der Waals surface area contributed by atoms with Crippen molar-refractivity contribution in [3.05, 3.63) is 16.5 Å². The Morgan fingerprint density at radius 3 is 2.67 bits per heavy atom. The molecule has 0 bridgehead atoms. The summed E-state index contributed by atoms with van der Waals surface area (Å²) in [6.07, 6.45) is 7.76. The Morgan fingerprint density at radius 2 is 1.93 bits per heavy atom. The summed E-state index contributed by atoms with van der Waals surface area (Å²) in [4.78, 5) is 7.89. The van der Waals surface area contributed by atoms with Crippen LogP contribution in [0.4, 0.5) is 5.82 Å². The van der Waals surface area contributed by atoms with Crippen LogP contribution in [-0.2, 0) is 0 Å². The summed E-state index contributed by atoms with van der Waals surface area (Å²) in [5, 5.41) is 4.09. The fourth-order valence-electron chi connectivity index (χ4n) is 1.89. The molecule has 1 aliphatic carbocycles. The van der Waals surface area contributed by atoms with Crippen LogP contribution in [-0.4, -0.2) is 16.0 Å². The lowest BCUT2D eigenvalue weighted by molar-refractivity contribution is 0.462. The minimum absolute atomic E-state index is 0.234. The number of nitrogens with zero attached hydrogens (tertiary/aromatic N) is 2. The zero-order valence-corrected chi connectivity index (χ0v) is 9.85. The van der Waals surface area contributed by atoms with E-state index >= 15 is 0 Å². The molecule has 1 heterocycles. The Kier molecular flexibility index (Phi) is 3.65. The monoisotopic (exact) mass is 245 g/mol. The molecule has 3 nitrogen and oxygen atoms in total. The van der Waals surface area contributed by atoms with E-state index in [1.165, 1.54) is 38.3 Å². The number of aromatic nitrogens is 2. The summed E-state index contributed by atoms with van der Waals surface area (Å²) in [7, 11) is 0. The van der Waals surface area contributed by atoms with Gasteiger partial charge in [0.25, 0.3) is 0 Å². The first kappa shape index (κ1) is 11.0. The number of rotatable bonds is 2. The zero-order valence-electron chi connectivity index (χ0n) is 8.34. The first-order valence-corrected chi connectivity index (χ1v) is 5.96. The highest BCUT2D eigenvalue weighted by Gasteiger charge is 2.15. The van der Waals surface area contributed by atoms with Crippen molar-refractivity contribution in [2.45, 2.75) is 38.1 Å². The van der Waals surface area contributed by atoms with Crippen molar-refractivity contribution < 1.29 is 0 Å². The lowest BCUT2D eigenvalue weighted by atomic mass is 9.95. The summed E-state index contributed by atoms with van der Waals surface area (Å²) < 4.78 is 0. The van der Waals surface area contributed by atoms with Gasteiger partial charge in [-0.15, -0.1) is 0 Å². The van der Waals surface area contributed by atoms with Crippen molar-refractivity contribution in [2.75, 3.05) is 5.32 Å². The number of hydrogen-bond donors (Lipinski definition) is 1. The zero-order chi connectivity index (χ0) is 10.7. The van der Waals surface area contributed by atoms with Crippen molar-refractivity contribution in [1.29, 1.82) is 0 Å². The molecule has 0 saturated heterocycles. The summed E-state index contributed by atoms with van der Waals surface area (Å²) in [6, 6.07) is 0.474. The quantitative estimate of drug-likeness (QED) is 0.811. The highest BCUT2D eigenvalue weighted by molar-refractivity contribution is 6.33. The van der Waals surface area contributed by atoms with Gasteiger partial charge in [0.2, 0.25) is 5.28 Å². The first-order chi connectivity index (χ1) is 7.25. The van der Waals surface area contributed by atoms with Crippen LogP contribution in [0, 0.1) is 0 Å². The third kappa shape index (κ3) is 2.95. The molecule has 0 aromatic carbocycles. The molecular weight excluding hydrogens is 233 g/mol. The molecule has 15 heavy (non-hydrogen) atoms. The van der Waals surface area contributed by atoms with E-state index < -0.39 is 0 Å². The molecule has 1 aromatic heterocycles. The van der Waals surface area contributed by atoms with Gasteiger partial charge >= 0.3 is 0 Å². The van der Waals surface area contributed by atoms with Gasteiger partial charge in [-0.2, -0.15) is 4.98 Å². The molecule has 0 aliphatic heterocycles. The molecule has 1 saturated carbocycles. The Bertz CT molecular complexity index is 337. The summed E-state index contributed by atoms with van der Waals surface area (Å²) in [5.74, 6) is 0.656. The van der Waals surface area contributed by atoms with E-state index in [0.29, 0.717) is 16.9 Å². The number of anilines is 1. The summed E-state index contributed by atoms with van der Waals surface area (Å²) in [6.45, 7) is 0. The largest absolute Gasteiger partial charge is 0.366 e. The molecule has 2 rings (SSSR count). The third-order valence-electron chi connectivity index (χ3n) is 2.66. The highest BCUT2D eigenvalue weighted by Crippen LogP contribution is 2.25. The van der Waals surface area contributed by atoms with Gasteiger partial charge in [-0.3, -0.25) is 0 Å². The van der Waals surface area contributed by atoms with E-state index in [9.17, 15) is 0 Å². The van der Waals surface area contributed by atoms with Crippen molar-refractivity contribution in [3.63, 3.8) is 0 Å². The second kappa shape index (κ2) is 4.99. The van der Waals surface area contributed by atoms with Gasteiger partial charge in [-0.05, 0) is 24.4 Å². The van der Waals surface area contributed by atoms with Gasteiger partial charge in [-0.25, -0.2) is 4.98 Å². The summed E-state index contributed by atoms with van der Waals surface area (Å²) in [5.41, 5.74) is 0. The van der Waals surface area contributed by atoms with E-state index in [1.807, 2.05) is 0 Å². The van der Waals surface area contributed by atoms with E-state index in [2.05, 4.69) is 15.3 Å². The van der Waals surface area contributed by atoms with Crippen LogP contribution in [0.2, 0.25) is 10.3 Å². The molecule has 0 spiro atoms. The van der Waals surface area contributed by atoms with Crippen LogP contribution >= 0.6 is 23.2 Å². The lowest BCUT2D eigenvalue weighted by Gasteiger charge is -2.23. The van der Waals surface area contributed by atoms with Gasteiger partial charge in [0.1, 0.15) is 10.8 Å². The molecule has 82 valence electrons. The maximum Gasteiger partial charge on any atom is 0.224 e. The lowest BCUT2D eigenvalue weighted by Crippen LogP contribution is -2.23. The second-order valence-corrected chi connectivity index (χ2v) is 4.56. The Morgan fingerprint density at radius 1 is 1.20 bits per heavy atom. The fraction of sp³-hybridized carbons (Fsp3) is 0.600. The first-order valence-electron chi connectivity index (χ1n) is 5.20. The standard InChI is InChI=1S/C10H13Cl2N3/c11-8-6-13-10(12)15-9(8)14-7-4-2-1-3-5-7/h6-7H,1-5H2,(H,13,14,15). The molecule has 0 unspecified atom stereocenters. The minimum Gasteiger partial charge on any atom is -0.366 e. The van der Waals surface area contributed by atoms with Crippen molar-refractivity contribution in [1.82, 2.24) is 9.97 Å². The SMILES string of the molecule is Clc1ncc(Cl)c(NC2CCCCC2)n1. The predicted octanol–water partition coefficient (Wildman–Crippen LogP) is 3.53. The Labute approximate surface area is 99.2 Å². The Balaban J connectivity index is 2.05. The normalized spacial score (nSPS) is 17.7. The molecule has 1 aromatic rings. The molecule has 0 atom stereocenters. The average Bonchev–Trinajstić information content (AvgIpc) is 2.25. The minimum atomic E-state index is 0.234. The van der Waals surface area contributed by atoms with Crippen LogP contribution in [0.15, 0.2) is 6.20 Å². The maximum absolute atomic E-state index is 5.97. The van der Waals surface area contributed by atoms with Crippen molar-refractivity contribution in [3.8, 4) is 0 Å². The third-order valence-corrected chi connectivity index (χ3v) is 3.12. The smallest absolute Gasteiger partial charge is 0.224 e. The number of hydrogen-bond acceptors (Lipinski definition) is 3. The molecule has 0 amide bonds. The fourth-order valence-corrected chi connectivity index (χ4v) is 2.17. The molecule has 1 aliphatic rings. The van der Waals surface area contributed by atoms with E-state index in [0.717, 1.165) is 0 Å². The topological polar surface area (TPSA) is 37.8 Å². The molecule has 5 heteroatoms. The number of nitrogens with one attached hydrogen (secondary N) is 1. The van der Waals surface area contributed by atoms with E-state index in [4.69, 9.17) is 23.2 Å². The van der Waals surface area contributed by atoms with Crippen LogP contribution in [0.5, 0.6) is 0 Å². The van der Waals surface area contributed by atoms with Crippen molar-refractivity contribution in [2.24, 2.45) is 0 Å². The van der Waals surface area contributed by atoms with Gasteiger partial charge in [0.15, 0.2) is 0 Å². The summed E-state index contributed by atoms with van der Waals surface area (Å²) >= 11 is 11.7. The van der Waals surface area contributed by atoms with Crippen LogP contribution < -0.4 is 5.32 Å². The maximum atomic E-state index is 5.97. The van der Waals surface area contributed by atoms with Gasteiger partial charge in [-0.1, -0.05) is 30.9 Å². The van der Waals surface area contributed by atoms with Crippen molar-refractivity contribution >= 4 is 29.0 Å². The Hall–Kier alpha value is -0.540. The van der Waals surface area contributed by atoms with Gasteiger partial charge in [0, 0.05) is 6.04 Å². The van der Waals surface area contributed by atoms with Crippen LogP contribution in [0.25, 0.3) is 0 Å². The molecule has 0 radical (unpaired) electrons. The van der Waals surface area contributed by atoms with Crippen LogP contribution in [0.1, 0.15) is 32.1 Å². The predicted molar refractivity (Wildman–Crippen MR) is 62.5 cm³/mol. The molecular formula is C10H13Cl2N3. The van der Waals surface area contributed by atoms with Crippen LogP contribution in [0.3, 0.4) is 0 Å². The molecule has 1 N–H and O–H groups in total. The van der Waals surface area contributed by atoms with Gasteiger partial charge in [0.05, 0.1) is 6.20 Å². The van der Waals surface area contributed by atoms with E-state index in [1.54, 1.807) is 0 Å². The molecule has 1 fully saturated rings. The highest BCUT2D eigenvalue weighted by atomic mass is 35.5. The van der Waals surface area contributed by atoms with E-state index in [-0.39, 0.29) is 5.28 Å². The average molecular weight is 246 g/mol. The second-order valence-electron chi connectivity index (χ2n) is 3.81. The van der Waals surface area contributed by atoms with Gasteiger partial charge < -0.3 is 5.32 Å².